The van der Waals surface area contributed by atoms with Gasteiger partial charge in [-0.25, -0.2) is 9.59 Å². The number of amides is 2. The van der Waals surface area contributed by atoms with E-state index in [0.29, 0.717) is 23.7 Å². The number of hydrogen-bond acceptors (Lipinski definition) is 3. The molecule has 2 N–H and O–H groups in total. The Morgan fingerprint density at radius 1 is 1.22 bits per heavy atom. The summed E-state index contributed by atoms with van der Waals surface area (Å²) in [5.41, 5.74) is 1.08. The van der Waals surface area contributed by atoms with Crippen LogP contribution in [0, 0.1) is 5.92 Å². The average molecular weight is 250 g/mol. The van der Waals surface area contributed by atoms with Crippen molar-refractivity contribution in [2.45, 2.75) is 13.8 Å². The van der Waals surface area contributed by atoms with Crippen molar-refractivity contribution in [3.8, 4) is 0 Å². The Hall–Kier alpha value is -2.04. The number of nitrogens with one attached hydrogen (secondary N) is 2. The third kappa shape index (κ3) is 4.45. The molecule has 18 heavy (non-hydrogen) atoms. The van der Waals surface area contributed by atoms with E-state index in [2.05, 4.69) is 15.4 Å². The van der Waals surface area contributed by atoms with Crippen molar-refractivity contribution in [3.05, 3.63) is 29.8 Å². The molecule has 5 heteroatoms. The Labute approximate surface area is 107 Å². The zero-order valence-electron chi connectivity index (χ0n) is 10.8. The number of carbonyl (C=O) groups is 2. The summed E-state index contributed by atoms with van der Waals surface area (Å²) in [7, 11) is 1.33. The van der Waals surface area contributed by atoms with Gasteiger partial charge in [-0.15, -0.1) is 0 Å². The first-order valence-electron chi connectivity index (χ1n) is 5.76. The fraction of sp³-hybridized carbons (Fsp3) is 0.385. The smallest absolute Gasteiger partial charge is 0.337 e. The summed E-state index contributed by atoms with van der Waals surface area (Å²) in [6, 6.07) is 6.26. The first kappa shape index (κ1) is 14.0. The van der Waals surface area contributed by atoms with Crippen LogP contribution in [0.3, 0.4) is 0 Å². The fourth-order valence-electron chi connectivity index (χ4n) is 1.28. The molecular formula is C13H18N2O3. The van der Waals surface area contributed by atoms with Gasteiger partial charge in [0.2, 0.25) is 0 Å². The summed E-state index contributed by atoms with van der Waals surface area (Å²) < 4.78 is 4.58. The number of hydrogen-bond donors (Lipinski definition) is 2. The molecular weight excluding hydrogens is 232 g/mol. The molecule has 0 heterocycles. The molecule has 0 aliphatic rings. The molecule has 0 aliphatic carbocycles. The number of esters is 1. The molecule has 0 atom stereocenters. The second-order valence-corrected chi connectivity index (χ2v) is 4.30. The van der Waals surface area contributed by atoms with Crippen LogP contribution in [0.5, 0.6) is 0 Å². The van der Waals surface area contributed by atoms with Gasteiger partial charge in [0.05, 0.1) is 12.7 Å². The van der Waals surface area contributed by atoms with Crippen LogP contribution in [-0.4, -0.2) is 25.7 Å². The van der Waals surface area contributed by atoms with Crippen LogP contribution >= 0.6 is 0 Å². The molecule has 5 nitrogen and oxygen atoms in total. The molecule has 98 valence electrons. The van der Waals surface area contributed by atoms with Crippen LogP contribution in [0.4, 0.5) is 10.5 Å². The van der Waals surface area contributed by atoms with Crippen molar-refractivity contribution in [2.24, 2.45) is 5.92 Å². The van der Waals surface area contributed by atoms with Crippen molar-refractivity contribution in [2.75, 3.05) is 19.0 Å². The van der Waals surface area contributed by atoms with E-state index in [1.165, 1.54) is 7.11 Å². The summed E-state index contributed by atoms with van der Waals surface area (Å²) in [6.45, 7) is 4.66. The number of rotatable bonds is 4. The van der Waals surface area contributed by atoms with Gasteiger partial charge in [0.1, 0.15) is 0 Å². The molecule has 1 aromatic rings. The maximum absolute atomic E-state index is 11.5. The lowest BCUT2D eigenvalue weighted by Gasteiger charge is -2.09. The van der Waals surface area contributed by atoms with Crippen molar-refractivity contribution < 1.29 is 14.3 Å². The summed E-state index contributed by atoms with van der Waals surface area (Å²) in [5, 5.41) is 5.42. The predicted molar refractivity (Wildman–Crippen MR) is 69.6 cm³/mol. The molecule has 0 aliphatic heterocycles. The van der Waals surface area contributed by atoms with Gasteiger partial charge in [-0.2, -0.15) is 0 Å². The van der Waals surface area contributed by atoms with Crippen LogP contribution in [0.25, 0.3) is 0 Å². The maximum Gasteiger partial charge on any atom is 0.337 e. The van der Waals surface area contributed by atoms with E-state index in [1.807, 2.05) is 13.8 Å². The van der Waals surface area contributed by atoms with Gasteiger partial charge in [0, 0.05) is 12.2 Å². The number of carbonyl (C=O) groups excluding carboxylic acids is 2. The topological polar surface area (TPSA) is 67.4 Å². The van der Waals surface area contributed by atoms with E-state index in [9.17, 15) is 9.59 Å². The number of ether oxygens (including phenoxy) is 1. The zero-order valence-corrected chi connectivity index (χ0v) is 10.8. The van der Waals surface area contributed by atoms with E-state index >= 15 is 0 Å². The summed E-state index contributed by atoms with van der Waals surface area (Å²) in [6.07, 6.45) is 0. The highest BCUT2D eigenvalue weighted by atomic mass is 16.5. The molecule has 2 amide bonds. The number of anilines is 1. The highest BCUT2D eigenvalue weighted by Gasteiger charge is 2.06. The molecule has 0 spiro atoms. The van der Waals surface area contributed by atoms with E-state index in [-0.39, 0.29) is 6.03 Å². The lowest BCUT2D eigenvalue weighted by atomic mass is 10.2. The second kappa shape index (κ2) is 6.64. The van der Waals surface area contributed by atoms with Crippen molar-refractivity contribution >= 4 is 17.7 Å². The van der Waals surface area contributed by atoms with Crippen LogP contribution in [0.1, 0.15) is 24.2 Å². The van der Waals surface area contributed by atoms with Gasteiger partial charge in [-0.1, -0.05) is 13.8 Å². The lowest BCUT2D eigenvalue weighted by Crippen LogP contribution is -2.31. The highest BCUT2D eigenvalue weighted by Crippen LogP contribution is 2.10. The Kier molecular flexibility index (Phi) is 5.17. The molecule has 0 saturated carbocycles. The average Bonchev–Trinajstić information content (AvgIpc) is 2.36. The standard InChI is InChI=1S/C13H18N2O3/c1-9(2)8-14-13(17)15-11-6-4-10(5-7-11)12(16)18-3/h4-7,9H,8H2,1-3H3,(H2,14,15,17). The van der Waals surface area contributed by atoms with E-state index in [1.54, 1.807) is 24.3 Å². The fourth-order valence-corrected chi connectivity index (χ4v) is 1.28. The first-order valence-corrected chi connectivity index (χ1v) is 5.76. The van der Waals surface area contributed by atoms with Gasteiger partial charge < -0.3 is 15.4 Å². The van der Waals surface area contributed by atoms with Crippen LogP contribution < -0.4 is 10.6 Å². The number of benzene rings is 1. The Bertz CT molecular complexity index is 413. The Morgan fingerprint density at radius 2 is 1.83 bits per heavy atom. The van der Waals surface area contributed by atoms with Crippen LogP contribution in [0.15, 0.2) is 24.3 Å². The van der Waals surface area contributed by atoms with Crippen LogP contribution in [0.2, 0.25) is 0 Å². The lowest BCUT2D eigenvalue weighted by molar-refractivity contribution is 0.0601. The van der Waals surface area contributed by atoms with E-state index in [0.717, 1.165) is 0 Å². The largest absolute Gasteiger partial charge is 0.465 e. The molecule has 0 saturated heterocycles. The van der Waals surface area contributed by atoms with Gasteiger partial charge in [0.25, 0.3) is 0 Å². The van der Waals surface area contributed by atoms with Crippen molar-refractivity contribution in [1.29, 1.82) is 0 Å². The third-order valence-electron chi connectivity index (χ3n) is 2.23. The summed E-state index contributed by atoms with van der Waals surface area (Å²) >= 11 is 0. The number of methoxy groups -OCH3 is 1. The predicted octanol–water partition coefficient (Wildman–Crippen LogP) is 2.25. The normalized spacial score (nSPS) is 10.0. The molecule has 0 unspecified atom stereocenters. The quantitative estimate of drug-likeness (QED) is 0.805. The highest BCUT2D eigenvalue weighted by molar-refractivity contribution is 5.92. The van der Waals surface area contributed by atoms with Gasteiger partial charge in [0.15, 0.2) is 0 Å². The second-order valence-electron chi connectivity index (χ2n) is 4.30. The SMILES string of the molecule is COC(=O)c1ccc(NC(=O)NCC(C)C)cc1. The van der Waals surface area contributed by atoms with Gasteiger partial charge >= 0.3 is 12.0 Å². The Morgan fingerprint density at radius 3 is 2.33 bits per heavy atom. The number of urea groups is 1. The minimum absolute atomic E-state index is 0.255. The van der Waals surface area contributed by atoms with Crippen molar-refractivity contribution in [3.63, 3.8) is 0 Å². The van der Waals surface area contributed by atoms with Crippen molar-refractivity contribution in [1.82, 2.24) is 5.32 Å². The van der Waals surface area contributed by atoms with Gasteiger partial charge in [-0.05, 0) is 30.2 Å². The minimum Gasteiger partial charge on any atom is -0.465 e. The zero-order chi connectivity index (χ0) is 13.5. The molecule has 0 fully saturated rings. The maximum atomic E-state index is 11.5. The molecule has 0 radical (unpaired) electrons. The first-order chi connectivity index (χ1) is 8.52. The van der Waals surface area contributed by atoms with Gasteiger partial charge in [-0.3, -0.25) is 0 Å². The molecule has 1 rings (SSSR count). The summed E-state index contributed by atoms with van der Waals surface area (Å²) in [5.74, 6) is 0.00302. The Balaban J connectivity index is 2.53. The molecule has 1 aromatic carbocycles. The van der Waals surface area contributed by atoms with E-state index < -0.39 is 5.97 Å². The van der Waals surface area contributed by atoms with E-state index in [4.69, 9.17) is 0 Å². The summed E-state index contributed by atoms with van der Waals surface area (Å²) in [4.78, 5) is 22.7. The minimum atomic E-state index is -0.397. The molecule has 0 aromatic heterocycles. The monoisotopic (exact) mass is 250 g/mol. The molecule has 0 bridgehead atoms. The van der Waals surface area contributed by atoms with Crippen LogP contribution in [-0.2, 0) is 4.74 Å². The third-order valence-corrected chi connectivity index (χ3v) is 2.23.